The summed E-state index contributed by atoms with van der Waals surface area (Å²) in [5.41, 5.74) is -0.451. The van der Waals surface area contributed by atoms with E-state index in [2.05, 4.69) is 15.9 Å². The van der Waals surface area contributed by atoms with Gasteiger partial charge in [0.2, 0.25) is 10.0 Å². The number of halogens is 1. The van der Waals surface area contributed by atoms with Crippen molar-refractivity contribution in [2.24, 2.45) is 0 Å². The summed E-state index contributed by atoms with van der Waals surface area (Å²) in [4.78, 5) is 9.84. The number of hydrogen-bond donors (Lipinski definition) is 0. The van der Waals surface area contributed by atoms with Crippen LogP contribution < -0.4 is 0 Å². The van der Waals surface area contributed by atoms with Gasteiger partial charge in [-0.05, 0) is 12.1 Å². The molecule has 0 spiro atoms. The first-order chi connectivity index (χ1) is 8.80. The summed E-state index contributed by atoms with van der Waals surface area (Å²) >= 11 is 3.11. The molecule has 0 aliphatic rings. The number of methoxy groups -OCH3 is 1. The Morgan fingerprint density at radius 3 is 2.63 bits per heavy atom. The Balaban J connectivity index is 3.27. The number of hydrogen-bond acceptors (Lipinski definition) is 5. The molecule has 0 radical (unpaired) electrons. The van der Waals surface area contributed by atoms with Crippen LogP contribution in [0.3, 0.4) is 0 Å². The Bertz CT molecular complexity index is 575. The molecule has 0 heterocycles. The predicted molar refractivity (Wildman–Crippen MR) is 72.5 cm³/mol. The van der Waals surface area contributed by atoms with E-state index in [0.29, 0.717) is 4.47 Å². The second-order valence-electron chi connectivity index (χ2n) is 3.69. The standard InChI is InChI=1S/C10H13BrN2O5S/c1-12(5-6-18-2)19(16,17)10-7-8(11)3-4-9(10)13(14)15/h3-4,7H,5-6H2,1-2H3. The van der Waals surface area contributed by atoms with Gasteiger partial charge in [-0.25, -0.2) is 8.42 Å². The first-order valence-corrected chi connectivity index (χ1v) is 7.43. The molecule has 0 fully saturated rings. The molecule has 1 aromatic carbocycles. The molecule has 0 saturated carbocycles. The van der Waals surface area contributed by atoms with E-state index in [0.717, 1.165) is 10.4 Å². The first kappa shape index (κ1) is 16.0. The van der Waals surface area contributed by atoms with Gasteiger partial charge < -0.3 is 4.74 Å². The third-order valence-electron chi connectivity index (χ3n) is 2.42. The second-order valence-corrected chi connectivity index (χ2v) is 6.62. The Morgan fingerprint density at radius 1 is 1.47 bits per heavy atom. The van der Waals surface area contributed by atoms with Crippen molar-refractivity contribution in [2.75, 3.05) is 27.3 Å². The van der Waals surface area contributed by atoms with E-state index in [9.17, 15) is 18.5 Å². The van der Waals surface area contributed by atoms with Crippen LogP contribution >= 0.6 is 15.9 Å². The summed E-state index contributed by atoms with van der Waals surface area (Å²) in [6, 6.07) is 3.80. The van der Waals surface area contributed by atoms with Gasteiger partial charge in [-0.2, -0.15) is 4.31 Å². The molecule has 0 aliphatic carbocycles. The highest BCUT2D eigenvalue weighted by molar-refractivity contribution is 9.10. The topological polar surface area (TPSA) is 89.8 Å². The molecule has 0 saturated heterocycles. The fourth-order valence-corrected chi connectivity index (χ4v) is 3.20. The summed E-state index contributed by atoms with van der Waals surface area (Å²) < 4.78 is 30.8. The molecule has 1 rings (SSSR count). The largest absolute Gasteiger partial charge is 0.383 e. The first-order valence-electron chi connectivity index (χ1n) is 5.20. The second kappa shape index (κ2) is 6.42. The van der Waals surface area contributed by atoms with Gasteiger partial charge in [0.15, 0.2) is 4.90 Å². The molecule has 7 nitrogen and oxygen atoms in total. The van der Waals surface area contributed by atoms with Crippen LogP contribution in [0, 0.1) is 10.1 Å². The van der Waals surface area contributed by atoms with Crippen LogP contribution in [0.2, 0.25) is 0 Å². The number of nitro benzene ring substituents is 1. The average molecular weight is 353 g/mol. The minimum Gasteiger partial charge on any atom is -0.383 e. The quantitative estimate of drug-likeness (QED) is 0.573. The fourth-order valence-electron chi connectivity index (χ4n) is 1.35. The van der Waals surface area contributed by atoms with E-state index in [1.54, 1.807) is 0 Å². The highest BCUT2D eigenvalue weighted by Crippen LogP contribution is 2.29. The molecule has 0 aliphatic heterocycles. The van der Waals surface area contributed by atoms with Gasteiger partial charge in [-0.3, -0.25) is 10.1 Å². The zero-order valence-electron chi connectivity index (χ0n) is 10.4. The molecule has 0 amide bonds. The number of nitrogens with zero attached hydrogens (tertiary/aromatic N) is 2. The van der Waals surface area contributed by atoms with Crippen LogP contribution in [0.5, 0.6) is 0 Å². The molecule has 106 valence electrons. The summed E-state index contributed by atoms with van der Waals surface area (Å²) in [5.74, 6) is 0. The van der Waals surface area contributed by atoms with Crippen LogP contribution in [0.15, 0.2) is 27.6 Å². The van der Waals surface area contributed by atoms with Gasteiger partial charge in [0.1, 0.15) is 0 Å². The Labute approximate surface area is 119 Å². The molecule has 0 atom stereocenters. The smallest absolute Gasteiger partial charge is 0.289 e. The summed E-state index contributed by atoms with van der Waals surface area (Å²) in [5, 5.41) is 10.9. The van der Waals surface area contributed by atoms with Gasteiger partial charge in [-0.1, -0.05) is 15.9 Å². The maximum atomic E-state index is 12.3. The van der Waals surface area contributed by atoms with E-state index in [1.165, 1.54) is 26.3 Å². The molecular weight excluding hydrogens is 340 g/mol. The number of sulfonamides is 1. The summed E-state index contributed by atoms with van der Waals surface area (Å²) in [7, 11) is -1.14. The number of benzene rings is 1. The third kappa shape index (κ3) is 3.72. The monoisotopic (exact) mass is 352 g/mol. The molecular formula is C10H13BrN2O5S. The van der Waals surface area contributed by atoms with Crippen LogP contribution in [0.4, 0.5) is 5.69 Å². The van der Waals surface area contributed by atoms with E-state index in [1.807, 2.05) is 0 Å². The molecule has 0 unspecified atom stereocenters. The minimum atomic E-state index is -3.93. The van der Waals surface area contributed by atoms with Crippen molar-refractivity contribution in [3.63, 3.8) is 0 Å². The maximum Gasteiger partial charge on any atom is 0.289 e. The molecule has 0 bridgehead atoms. The highest BCUT2D eigenvalue weighted by Gasteiger charge is 2.29. The maximum absolute atomic E-state index is 12.3. The van der Waals surface area contributed by atoms with Crippen molar-refractivity contribution in [1.82, 2.24) is 4.31 Å². The normalized spacial score (nSPS) is 11.8. The molecule has 19 heavy (non-hydrogen) atoms. The van der Waals surface area contributed by atoms with Crippen molar-refractivity contribution in [3.05, 3.63) is 32.8 Å². The Kier molecular flexibility index (Phi) is 5.41. The van der Waals surface area contributed by atoms with Gasteiger partial charge in [-0.15, -0.1) is 0 Å². The Morgan fingerprint density at radius 2 is 2.11 bits per heavy atom. The van der Waals surface area contributed by atoms with Crippen LogP contribution in [0.1, 0.15) is 0 Å². The van der Waals surface area contributed by atoms with E-state index in [-0.39, 0.29) is 18.0 Å². The number of ether oxygens (including phenoxy) is 1. The highest BCUT2D eigenvalue weighted by atomic mass is 79.9. The van der Waals surface area contributed by atoms with E-state index in [4.69, 9.17) is 4.74 Å². The minimum absolute atomic E-state index is 0.114. The number of nitro groups is 1. The van der Waals surface area contributed by atoms with Crippen molar-refractivity contribution in [2.45, 2.75) is 4.90 Å². The van der Waals surface area contributed by atoms with Crippen molar-refractivity contribution in [1.29, 1.82) is 0 Å². The van der Waals surface area contributed by atoms with Gasteiger partial charge in [0.05, 0.1) is 11.5 Å². The van der Waals surface area contributed by atoms with Gasteiger partial charge in [0, 0.05) is 31.2 Å². The average Bonchev–Trinajstić information content (AvgIpc) is 2.35. The molecule has 0 N–H and O–H groups in total. The third-order valence-corrected chi connectivity index (χ3v) is 4.80. The molecule has 0 aromatic heterocycles. The van der Waals surface area contributed by atoms with Crippen LogP contribution in [-0.4, -0.2) is 45.0 Å². The molecule has 9 heteroatoms. The van der Waals surface area contributed by atoms with Crippen molar-refractivity contribution >= 4 is 31.6 Å². The van der Waals surface area contributed by atoms with Crippen LogP contribution in [-0.2, 0) is 14.8 Å². The summed E-state index contributed by atoms with van der Waals surface area (Å²) in [6.07, 6.45) is 0. The van der Waals surface area contributed by atoms with Gasteiger partial charge in [0.25, 0.3) is 5.69 Å². The lowest BCUT2D eigenvalue weighted by Gasteiger charge is -2.16. The predicted octanol–water partition coefficient (Wildman–Crippen LogP) is 1.62. The zero-order valence-corrected chi connectivity index (χ0v) is 12.8. The lowest BCUT2D eigenvalue weighted by molar-refractivity contribution is -0.387. The zero-order chi connectivity index (χ0) is 14.6. The lowest BCUT2D eigenvalue weighted by Crippen LogP contribution is -2.30. The Hall–Kier alpha value is -1.03. The SMILES string of the molecule is COCCN(C)S(=O)(=O)c1cc(Br)ccc1[N+](=O)[O-]. The van der Waals surface area contributed by atoms with Crippen molar-refractivity contribution in [3.8, 4) is 0 Å². The van der Waals surface area contributed by atoms with Crippen molar-refractivity contribution < 1.29 is 18.1 Å². The summed E-state index contributed by atoms with van der Waals surface area (Å²) in [6.45, 7) is 0.319. The van der Waals surface area contributed by atoms with E-state index < -0.39 is 20.6 Å². The van der Waals surface area contributed by atoms with E-state index >= 15 is 0 Å². The van der Waals surface area contributed by atoms with Gasteiger partial charge >= 0.3 is 0 Å². The number of likely N-dealkylation sites (N-methyl/N-ethyl adjacent to an activating group) is 1. The molecule has 1 aromatic rings. The van der Waals surface area contributed by atoms with Crippen LogP contribution in [0.25, 0.3) is 0 Å². The number of rotatable bonds is 6. The fraction of sp³-hybridized carbons (Fsp3) is 0.400. The lowest BCUT2D eigenvalue weighted by atomic mass is 10.3.